The third kappa shape index (κ3) is 4.39. The van der Waals surface area contributed by atoms with Gasteiger partial charge in [0.2, 0.25) is 5.91 Å². The largest absolute Gasteiger partial charge is 0.416 e. The zero-order chi connectivity index (χ0) is 22.2. The van der Waals surface area contributed by atoms with Gasteiger partial charge in [-0.25, -0.2) is 9.37 Å². The number of aliphatic hydroxyl groups is 1. The minimum absolute atomic E-state index is 0.00282. The van der Waals surface area contributed by atoms with E-state index in [1.807, 2.05) is 0 Å². The Morgan fingerprint density at radius 3 is 2.43 bits per heavy atom. The van der Waals surface area contributed by atoms with Gasteiger partial charge in [0.05, 0.1) is 16.7 Å². The number of aromatic nitrogens is 1. The highest BCUT2D eigenvalue weighted by molar-refractivity contribution is 6.30. The van der Waals surface area contributed by atoms with E-state index in [0.717, 1.165) is 34.2 Å². The zero-order valence-corrected chi connectivity index (χ0v) is 16.3. The van der Waals surface area contributed by atoms with Crippen LogP contribution in [0.15, 0.2) is 36.5 Å². The van der Waals surface area contributed by atoms with Crippen molar-refractivity contribution in [2.75, 3.05) is 11.4 Å². The number of rotatable bonds is 4. The highest BCUT2D eigenvalue weighted by Crippen LogP contribution is 2.30. The highest BCUT2D eigenvalue weighted by Gasteiger charge is 2.43. The van der Waals surface area contributed by atoms with Gasteiger partial charge in [0.25, 0.3) is 5.91 Å². The molecule has 30 heavy (non-hydrogen) atoms. The summed E-state index contributed by atoms with van der Waals surface area (Å²) >= 11 is 5.66. The summed E-state index contributed by atoms with van der Waals surface area (Å²) in [5, 5.41) is 10.1. The number of pyridine rings is 1. The fourth-order valence-electron chi connectivity index (χ4n) is 3.19. The van der Waals surface area contributed by atoms with Gasteiger partial charge in [-0.1, -0.05) is 23.7 Å². The van der Waals surface area contributed by atoms with Crippen LogP contribution in [-0.2, 0) is 22.3 Å². The van der Waals surface area contributed by atoms with Crippen LogP contribution >= 0.6 is 11.6 Å². The molecule has 1 N–H and O–H groups in total. The van der Waals surface area contributed by atoms with E-state index in [2.05, 4.69) is 4.98 Å². The lowest BCUT2D eigenvalue weighted by Gasteiger charge is -2.41. The smallest absolute Gasteiger partial charge is 0.391 e. The Hall–Kier alpha value is -2.72. The molecule has 0 saturated carbocycles. The highest BCUT2D eigenvalue weighted by atomic mass is 35.5. The molecule has 2 amide bonds. The Kier molecular flexibility index (Phi) is 6.00. The molecule has 1 aromatic carbocycles. The second kappa shape index (κ2) is 8.19. The number of amides is 2. The quantitative estimate of drug-likeness (QED) is 0.734. The Bertz CT molecular complexity index is 966. The SMILES string of the molecule is CC(O)[C@H]1C(=O)N(c2ncc(Cl)cc2F)CC(=O)N1Cc1ccc(C(F)(F)F)cc1. The lowest BCUT2D eigenvalue weighted by atomic mass is 10.0. The molecule has 6 nitrogen and oxygen atoms in total. The van der Waals surface area contributed by atoms with Crippen LogP contribution in [0.1, 0.15) is 18.1 Å². The van der Waals surface area contributed by atoms with Gasteiger partial charge in [-0.3, -0.25) is 14.5 Å². The second-order valence-electron chi connectivity index (χ2n) is 6.79. The standard InChI is InChI=1S/C19H16ClF4N3O3/c1-10(28)16-18(30)27(17-14(21)6-13(20)7-25-17)9-15(29)26(16)8-11-2-4-12(5-3-11)19(22,23)24/h2-7,10,16,28H,8-9H2,1H3/t10?,16-/m0/s1. The first-order valence-corrected chi connectivity index (χ1v) is 9.13. The van der Waals surface area contributed by atoms with E-state index >= 15 is 0 Å². The van der Waals surface area contributed by atoms with Crippen molar-refractivity contribution in [2.24, 2.45) is 0 Å². The zero-order valence-electron chi connectivity index (χ0n) is 15.5. The van der Waals surface area contributed by atoms with Crippen molar-refractivity contribution < 1.29 is 32.3 Å². The van der Waals surface area contributed by atoms with E-state index in [0.29, 0.717) is 5.56 Å². The van der Waals surface area contributed by atoms with Gasteiger partial charge in [0, 0.05) is 12.7 Å². The number of carbonyl (C=O) groups is 2. The molecule has 2 heterocycles. The maximum atomic E-state index is 14.2. The third-order valence-corrected chi connectivity index (χ3v) is 4.81. The topological polar surface area (TPSA) is 73.7 Å². The summed E-state index contributed by atoms with van der Waals surface area (Å²) in [6, 6.07) is 3.67. The van der Waals surface area contributed by atoms with Crippen molar-refractivity contribution in [3.8, 4) is 0 Å². The van der Waals surface area contributed by atoms with E-state index in [-0.39, 0.29) is 11.6 Å². The first kappa shape index (κ1) is 22.0. The van der Waals surface area contributed by atoms with Crippen molar-refractivity contribution in [2.45, 2.75) is 31.8 Å². The van der Waals surface area contributed by atoms with Crippen molar-refractivity contribution in [1.29, 1.82) is 0 Å². The maximum absolute atomic E-state index is 14.2. The fraction of sp³-hybridized carbons (Fsp3) is 0.316. The van der Waals surface area contributed by atoms with Crippen LogP contribution in [0.4, 0.5) is 23.4 Å². The summed E-state index contributed by atoms with van der Waals surface area (Å²) in [5.41, 5.74) is -0.520. The molecule has 0 spiro atoms. The van der Waals surface area contributed by atoms with E-state index in [1.165, 1.54) is 19.1 Å². The Morgan fingerprint density at radius 1 is 1.27 bits per heavy atom. The number of halogens is 5. The predicted molar refractivity (Wildman–Crippen MR) is 99.0 cm³/mol. The fourth-order valence-corrected chi connectivity index (χ4v) is 3.33. The van der Waals surface area contributed by atoms with Gasteiger partial charge >= 0.3 is 6.18 Å². The Morgan fingerprint density at radius 2 is 1.90 bits per heavy atom. The summed E-state index contributed by atoms with van der Waals surface area (Å²) in [7, 11) is 0. The molecular formula is C19H16ClF4N3O3. The normalized spacial score (nSPS) is 18.7. The van der Waals surface area contributed by atoms with Crippen LogP contribution in [0.5, 0.6) is 0 Å². The van der Waals surface area contributed by atoms with Crippen molar-refractivity contribution >= 4 is 29.2 Å². The van der Waals surface area contributed by atoms with Crippen molar-refractivity contribution in [1.82, 2.24) is 9.88 Å². The molecule has 0 bridgehead atoms. The van der Waals surface area contributed by atoms with Gasteiger partial charge in [-0.2, -0.15) is 13.2 Å². The number of alkyl halides is 3. The van der Waals surface area contributed by atoms with Crippen LogP contribution in [0.3, 0.4) is 0 Å². The van der Waals surface area contributed by atoms with Crippen LogP contribution in [0.25, 0.3) is 0 Å². The number of nitrogens with zero attached hydrogens (tertiary/aromatic N) is 3. The average molecular weight is 446 g/mol. The summed E-state index contributed by atoms with van der Waals surface area (Å²) in [6.45, 7) is 0.529. The Labute approximate surface area is 173 Å². The van der Waals surface area contributed by atoms with Gasteiger partial charge < -0.3 is 10.0 Å². The van der Waals surface area contributed by atoms with Crippen LogP contribution in [0, 0.1) is 5.82 Å². The monoisotopic (exact) mass is 445 g/mol. The summed E-state index contributed by atoms with van der Waals surface area (Å²) < 4.78 is 52.4. The number of anilines is 1. The van der Waals surface area contributed by atoms with Gasteiger partial charge in [0.1, 0.15) is 12.6 Å². The van der Waals surface area contributed by atoms with Crippen LogP contribution in [0.2, 0.25) is 5.02 Å². The summed E-state index contributed by atoms with van der Waals surface area (Å²) in [6.07, 6.45) is -4.72. The van der Waals surface area contributed by atoms with Gasteiger partial charge in [-0.15, -0.1) is 0 Å². The minimum atomic E-state index is -4.51. The lowest BCUT2D eigenvalue weighted by molar-refractivity contribution is -0.148. The first-order chi connectivity index (χ1) is 14.0. The number of hydrogen-bond acceptors (Lipinski definition) is 4. The third-order valence-electron chi connectivity index (χ3n) is 4.60. The number of carbonyl (C=O) groups excluding carboxylic acids is 2. The molecule has 1 aliphatic rings. The van der Waals surface area contributed by atoms with E-state index in [4.69, 9.17) is 11.6 Å². The van der Waals surface area contributed by atoms with Crippen LogP contribution < -0.4 is 4.90 Å². The summed E-state index contributed by atoms with van der Waals surface area (Å²) in [5.74, 6) is -2.72. The molecule has 1 aromatic heterocycles. The molecular weight excluding hydrogens is 430 g/mol. The molecule has 1 unspecified atom stereocenters. The van der Waals surface area contributed by atoms with Crippen molar-refractivity contribution in [3.63, 3.8) is 0 Å². The van der Waals surface area contributed by atoms with Crippen molar-refractivity contribution in [3.05, 3.63) is 58.5 Å². The molecule has 0 radical (unpaired) electrons. The second-order valence-corrected chi connectivity index (χ2v) is 7.22. The molecule has 11 heteroatoms. The first-order valence-electron chi connectivity index (χ1n) is 8.75. The van der Waals surface area contributed by atoms with E-state index in [9.17, 15) is 32.3 Å². The van der Waals surface area contributed by atoms with Gasteiger partial charge in [0.15, 0.2) is 11.6 Å². The minimum Gasteiger partial charge on any atom is -0.391 e. The molecule has 0 aliphatic carbocycles. The lowest BCUT2D eigenvalue weighted by Crippen LogP contribution is -2.63. The van der Waals surface area contributed by atoms with E-state index < -0.39 is 53.9 Å². The maximum Gasteiger partial charge on any atom is 0.416 e. The number of hydrogen-bond donors (Lipinski definition) is 1. The molecule has 1 fully saturated rings. The summed E-state index contributed by atoms with van der Waals surface area (Å²) in [4.78, 5) is 31.3. The molecule has 1 saturated heterocycles. The van der Waals surface area contributed by atoms with E-state index in [1.54, 1.807) is 0 Å². The predicted octanol–water partition coefficient (Wildman–Crippen LogP) is 3.02. The van der Waals surface area contributed by atoms with Crippen LogP contribution in [-0.4, -0.2) is 45.5 Å². The number of benzene rings is 1. The molecule has 3 rings (SSSR count). The molecule has 2 atom stereocenters. The number of piperazine rings is 1. The molecule has 1 aliphatic heterocycles. The number of aliphatic hydroxyl groups excluding tert-OH is 1. The average Bonchev–Trinajstić information content (AvgIpc) is 2.64. The molecule has 160 valence electrons. The Balaban J connectivity index is 1.88. The molecule has 2 aromatic rings. The van der Waals surface area contributed by atoms with Gasteiger partial charge in [-0.05, 0) is 30.7 Å².